The molecule has 166 valence electrons. The third-order valence-corrected chi connectivity index (χ3v) is 7.65. The van der Waals surface area contributed by atoms with Crippen molar-refractivity contribution in [1.82, 2.24) is 20.1 Å². The zero-order chi connectivity index (χ0) is 20.6. The van der Waals surface area contributed by atoms with Crippen molar-refractivity contribution >= 4 is 5.91 Å². The van der Waals surface area contributed by atoms with Gasteiger partial charge in [0.15, 0.2) is 0 Å². The van der Waals surface area contributed by atoms with E-state index in [-0.39, 0.29) is 11.8 Å². The number of pyridine rings is 1. The molecule has 1 amide bonds. The van der Waals surface area contributed by atoms with Gasteiger partial charge in [-0.1, -0.05) is 38.2 Å². The lowest BCUT2D eigenvalue weighted by Gasteiger charge is -2.42. The molecule has 1 aromatic heterocycles. The molecule has 1 aromatic rings. The molecule has 1 saturated carbocycles. The first-order valence-electron chi connectivity index (χ1n) is 12.4. The normalized spacial score (nSPS) is 25.3. The van der Waals surface area contributed by atoms with Crippen LogP contribution in [0.2, 0.25) is 0 Å². The molecule has 4 rings (SSSR count). The minimum Gasteiger partial charge on any atom is -0.350 e. The summed E-state index contributed by atoms with van der Waals surface area (Å²) in [5.74, 6) is 1.32. The number of likely N-dealkylation sites (tertiary alicyclic amines) is 2. The number of aromatic nitrogens is 1. The third-order valence-electron chi connectivity index (χ3n) is 7.65. The predicted molar refractivity (Wildman–Crippen MR) is 121 cm³/mol. The number of amides is 1. The van der Waals surface area contributed by atoms with E-state index < -0.39 is 0 Å². The van der Waals surface area contributed by atoms with Crippen molar-refractivity contribution in [3.8, 4) is 0 Å². The number of nitrogens with zero attached hydrogens (tertiary/aromatic N) is 3. The van der Waals surface area contributed by atoms with E-state index in [1.807, 2.05) is 18.2 Å². The Morgan fingerprint density at radius 2 is 1.83 bits per heavy atom. The molecular weight excluding hydrogens is 372 g/mol. The molecule has 0 aromatic carbocycles. The van der Waals surface area contributed by atoms with Crippen LogP contribution in [0.15, 0.2) is 24.4 Å². The Morgan fingerprint density at radius 1 is 1.00 bits per heavy atom. The maximum atomic E-state index is 12.7. The molecule has 0 bridgehead atoms. The number of nitrogens with one attached hydrogen (secondary N) is 1. The number of piperidine rings is 2. The van der Waals surface area contributed by atoms with E-state index in [1.165, 1.54) is 71.0 Å². The van der Waals surface area contributed by atoms with Crippen LogP contribution in [0.3, 0.4) is 0 Å². The molecule has 5 heteroatoms. The van der Waals surface area contributed by atoms with Crippen molar-refractivity contribution in [2.45, 2.75) is 76.8 Å². The maximum absolute atomic E-state index is 12.7. The fourth-order valence-corrected chi connectivity index (χ4v) is 5.73. The second-order valence-corrected chi connectivity index (χ2v) is 9.74. The summed E-state index contributed by atoms with van der Waals surface area (Å²) in [7, 11) is 0. The molecule has 2 saturated heterocycles. The van der Waals surface area contributed by atoms with Crippen LogP contribution < -0.4 is 5.32 Å². The highest BCUT2D eigenvalue weighted by Crippen LogP contribution is 2.28. The highest BCUT2D eigenvalue weighted by atomic mass is 16.1. The van der Waals surface area contributed by atoms with Gasteiger partial charge in [-0.05, 0) is 76.3 Å². The van der Waals surface area contributed by atoms with Crippen molar-refractivity contribution in [2.75, 3.05) is 32.7 Å². The van der Waals surface area contributed by atoms with Gasteiger partial charge in [0.1, 0.15) is 0 Å². The fourth-order valence-electron chi connectivity index (χ4n) is 5.73. The average Bonchev–Trinajstić information content (AvgIpc) is 2.83. The monoisotopic (exact) mass is 412 g/mol. The van der Waals surface area contributed by atoms with Gasteiger partial charge >= 0.3 is 0 Å². The summed E-state index contributed by atoms with van der Waals surface area (Å²) in [6.07, 6.45) is 15.2. The second kappa shape index (κ2) is 11.2. The molecule has 1 aliphatic carbocycles. The Balaban J connectivity index is 1.17. The smallest absolute Gasteiger partial charge is 0.224 e. The van der Waals surface area contributed by atoms with Gasteiger partial charge in [0, 0.05) is 18.8 Å². The lowest BCUT2D eigenvalue weighted by Crippen LogP contribution is -2.50. The van der Waals surface area contributed by atoms with Crippen molar-refractivity contribution in [3.05, 3.63) is 30.1 Å². The average molecular weight is 413 g/mol. The molecule has 3 aliphatic rings. The summed E-state index contributed by atoms with van der Waals surface area (Å²) < 4.78 is 0. The van der Waals surface area contributed by atoms with Gasteiger partial charge in [0.25, 0.3) is 0 Å². The minimum absolute atomic E-state index is 0.131. The van der Waals surface area contributed by atoms with E-state index >= 15 is 0 Å². The molecular formula is C25H40N4O. The molecule has 2 aliphatic heterocycles. The highest BCUT2D eigenvalue weighted by Gasteiger charge is 2.31. The fraction of sp³-hybridized carbons (Fsp3) is 0.760. The van der Waals surface area contributed by atoms with Crippen LogP contribution in [0, 0.1) is 11.8 Å². The summed E-state index contributed by atoms with van der Waals surface area (Å²) in [6.45, 7) is 6.41. The largest absolute Gasteiger partial charge is 0.350 e. The predicted octanol–water partition coefficient (Wildman–Crippen LogP) is 3.84. The number of rotatable bonds is 7. The van der Waals surface area contributed by atoms with Crippen molar-refractivity contribution < 1.29 is 4.79 Å². The van der Waals surface area contributed by atoms with Crippen LogP contribution in [0.1, 0.15) is 69.9 Å². The Bertz CT molecular complexity index is 638. The Kier molecular flexibility index (Phi) is 8.15. The second-order valence-electron chi connectivity index (χ2n) is 9.74. The van der Waals surface area contributed by atoms with Gasteiger partial charge in [0.05, 0.1) is 18.2 Å². The van der Waals surface area contributed by atoms with Gasteiger partial charge in [-0.15, -0.1) is 0 Å². The van der Waals surface area contributed by atoms with Crippen LogP contribution in [0.25, 0.3) is 0 Å². The number of carbonyl (C=O) groups excluding carboxylic acids is 1. The van der Waals surface area contributed by atoms with Crippen LogP contribution in [0.5, 0.6) is 0 Å². The van der Waals surface area contributed by atoms with E-state index in [0.29, 0.717) is 12.6 Å². The van der Waals surface area contributed by atoms with Crippen LogP contribution >= 0.6 is 0 Å². The molecule has 30 heavy (non-hydrogen) atoms. The van der Waals surface area contributed by atoms with Crippen LogP contribution in [-0.2, 0) is 11.3 Å². The first-order valence-corrected chi connectivity index (χ1v) is 12.4. The summed E-state index contributed by atoms with van der Waals surface area (Å²) >= 11 is 0. The molecule has 5 nitrogen and oxygen atoms in total. The lowest BCUT2D eigenvalue weighted by atomic mass is 9.86. The third kappa shape index (κ3) is 6.27. The molecule has 0 spiro atoms. The van der Waals surface area contributed by atoms with Gasteiger partial charge < -0.3 is 10.2 Å². The molecule has 3 heterocycles. The van der Waals surface area contributed by atoms with Crippen molar-refractivity contribution in [3.63, 3.8) is 0 Å². The summed E-state index contributed by atoms with van der Waals surface area (Å²) in [6, 6.07) is 6.52. The minimum atomic E-state index is 0.131. The quantitative estimate of drug-likeness (QED) is 0.739. The Labute approximate surface area is 182 Å². The van der Waals surface area contributed by atoms with E-state index in [2.05, 4.69) is 20.1 Å². The molecule has 0 radical (unpaired) electrons. The molecule has 3 fully saturated rings. The van der Waals surface area contributed by atoms with Gasteiger partial charge in [-0.2, -0.15) is 0 Å². The lowest BCUT2D eigenvalue weighted by molar-refractivity contribution is -0.127. The summed E-state index contributed by atoms with van der Waals surface area (Å²) in [4.78, 5) is 22.3. The standard InChI is InChI=1S/C25H40N4O/c30-25(27-19-23-10-4-5-14-26-23)22-9-6-15-29(20-22)24-12-17-28(18-13-24)16-11-21-7-2-1-3-8-21/h4-5,10,14,21-22,24H,1-3,6-9,11-13,15-20H2,(H,27,30). The zero-order valence-electron chi connectivity index (χ0n) is 18.6. The Hall–Kier alpha value is -1.46. The van der Waals surface area contributed by atoms with Crippen molar-refractivity contribution in [1.29, 1.82) is 0 Å². The van der Waals surface area contributed by atoms with Gasteiger partial charge in [0.2, 0.25) is 5.91 Å². The topological polar surface area (TPSA) is 48.5 Å². The summed E-state index contributed by atoms with van der Waals surface area (Å²) in [5.41, 5.74) is 0.930. The van der Waals surface area contributed by atoms with Gasteiger partial charge in [-0.25, -0.2) is 0 Å². The maximum Gasteiger partial charge on any atom is 0.224 e. The SMILES string of the molecule is O=C(NCc1ccccn1)C1CCCN(C2CCN(CCC3CCCCC3)CC2)C1. The number of carbonyl (C=O) groups is 1. The van der Waals surface area contributed by atoms with Gasteiger partial charge in [-0.3, -0.25) is 14.7 Å². The highest BCUT2D eigenvalue weighted by molar-refractivity contribution is 5.78. The van der Waals surface area contributed by atoms with Crippen molar-refractivity contribution in [2.24, 2.45) is 11.8 Å². The number of hydrogen-bond donors (Lipinski definition) is 1. The molecule has 1 atom stereocenters. The summed E-state index contributed by atoms with van der Waals surface area (Å²) in [5, 5.41) is 3.11. The first kappa shape index (κ1) is 21.8. The zero-order valence-corrected chi connectivity index (χ0v) is 18.6. The first-order chi connectivity index (χ1) is 14.8. The van der Waals surface area contributed by atoms with Crippen LogP contribution in [-0.4, -0.2) is 59.5 Å². The van der Waals surface area contributed by atoms with E-state index in [9.17, 15) is 4.79 Å². The molecule has 1 N–H and O–H groups in total. The molecule has 1 unspecified atom stereocenters. The van der Waals surface area contributed by atoms with E-state index in [4.69, 9.17) is 0 Å². The van der Waals surface area contributed by atoms with Crippen LogP contribution in [0.4, 0.5) is 0 Å². The van der Waals surface area contributed by atoms with E-state index in [1.54, 1.807) is 6.20 Å². The van der Waals surface area contributed by atoms with E-state index in [0.717, 1.165) is 37.5 Å². The Morgan fingerprint density at radius 3 is 2.60 bits per heavy atom. The number of hydrogen-bond acceptors (Lipinski definition) is 4.